The van der Waals surface area contributed by atoms with Crippen molar-refractivity contribution in [3.8, 4) is 0 Å². The second-order valence-electron chi connectivity index (χ2n) is 5.13. The van der Waals surface area contributed by atoms with E-state index in [1.54, 1.807) is 24.4 Å². The number of hydrogen-bond acceptors (Lipinski definition) is 1. The van der Waals surface area contributed by atoms with E-state index in [1.807, 2.05) is 0 Å². The molecule has 20 heavy (non-hydrogen) atoms. The van der Waals surface area contributed by atoms with Gasteiger partial charge in [0.2, 0.25) is 0 Å². The summed E-state index contributed by atoms with van der Waals surface area (Å²) in [6, 6.07) is 4.64. The second-order valence-corrected chi connectivity index (χ2v) is 6.00. The highest BCUT2D eigenvalue weighted by molar-refractivity contribution is 6.35. The highest BCUT2D eigenvalue weighted by atomic mass is 35.5. The minimum atomic E-state index is -0.291. The van der Waals surface area contributed by atoms with Gasteiger partial charge in [0.1, 0.15) is 0 Å². The van der Waals surface area contributed by atoms with Gasteiger partial charge in [-0.25, -0.2) is 4.79 Å². The van der Waals surface area contributed by atoms with Crippen LogP contribution < -0.4 is 10.6 Å². The van der Waals surface area contributed by atoms with Crippen molar-refractivity contribution in [1.29, 1.82) is 0 Å². The van der Waals surface area contributed by atoms with E-state index in [4.69, 9.17) is 23.2 Å². The van der Waals surface area contributed by atoms with Gasteiger partial charge in [0, 0.05) is 21.9 Å². The van der Waals surface area contributed by atoms with Crippen LogP contribution in [0.5, 0.6) is 0 Å². The molecule has 0 aromatic heterocycles. The first kappa shape index (κ1) is 15.2. The molecule has 2 N–H and O–H groups in total. The van der Waals surface area contributed by atoms with Crippen LogP contribution in [-0.4, -0.2) is 6.03 Å². The fourth-order valence-corrected chi connectivity index (χ4v) is 3.00. The molecule has 5 heteroatoms. The molecule has 3 nitrogen and oxygen atoms in total. The molecule has 1 aliphatic carbocycles. The third-order valence-corrected chi connectivity index (χ3v) is 3.99. The number of benzene rings is 1. The van der Waals surface area contributed by atoms with E-state index in [0.717, 1.165) is 0 Å². The molecular weight excluding hydrogens is 295 g/mol. The number of halogens is 2. The summed E-state index contributed by atoms with van der Waals surface area (Å²) < 4.78 is 0. The van der Waals surface area contributed by atoms with Crippen molar-refractivity contribution in [2.24, 2.45) is 5.92 Å². The Kier molecular flexibility index (Phi) is 5.32. The topological polar surface area (TPSA) is 41.1 Å². The molecule has 1 fully saturated rings. The van der Waals surface area contributed by atoms with Gasteiger partial charge in [0.05, 0.1) is 0 Å². The lowest BCUT2D eigenvalue weighted by Crippen LogP contribution is -2.24. The number of rotatable bonds is 3. The molecule has 0 spiro atoms. The summed E-state index contributed by atoms with van der Waals surface area (Å²) in [4.78, 5) is 11.8. The van der Waals surface area contributed by atoms with Crippen molar-refractivity contribution >= 4 is 34.9 Å². The summed E-state index contributed by atoms with van der Waals surface area (Å²) in [5, 5.41) is 6.44. The molecule has 0 bridgehead atoms. The van der Waals surface area contributed by atoms with Crippen molar-refractivity contribution in [2.45, 2.75) is 32.6 Å². The Balaban J connectivity index is 1.90. The van der Waals surface area contributed by atoms with Crippen LogP contribution in [0.25, 0.3) is 0 Å². The van der Waals surface area contributed by atoms with Crippen molar-refractivity contribution in [2.75, 3.05) is 5.32 Å². The van der Waals surface area contributed by atoms with Crippen LogP contribution in [0.1, 0.15) is 32.6 Å². The minimum absolute atomic E-state index is 0.291. The van der Waals surface area contributed by atoms with E-state index in [2.05, 4.69) is 17.6 Å². The largest absolute Gasteiger partial charge is 0.323 e. The van der Waals surface area contributed by atoms with Crippen molar-refractivity contribution in [1.82, 2.24) is 5.32 Å². The summed E-state index contributed by atoms with van der Waals surface area (Å²) in [7, 11) is 0. The number of hydrogen-bond donors (Lipinski definition) is 2. The number of anilines is 1. The highest BCUT2D eigenvalue weighted by Crippen LogP contribution is 2.30. The van der Waals surface area contributed by atoms with E-state index in [-0.39, 0.29) is 6.03 Å². The highest BCUT2D eigenvalue weighted by Gasteiger charge is 2.16. The second kappa shape index (κ2) is 7.00. The third kappa shape index (κ3) is 4.43. The maximum Gasteiger partial charge on any atom is 0.323 e. The zero-order chi connectivity index (χ0) is 14.5. The number of nitrogens with one attached hydrogen (secondary N) is 2. The molecule has 1 aliphatic rings. The van der Waals surface area contributed by atoms with Crippen LogP contribution >= 0.6 is 23.2 Å². The van der Waals surface area contributed by atoms with E-state index >= 15 is 0 Å². The lowest BCUT2D eigenvalue weighted by molar-refractivity contribution is 0.255. The molecule has 0 saturated heterocycles. The monoisotopic (exact) mass is 312 g/mol. The van der Waals surface area contributed by atoms with Crippen molar-refractivity contribution in [3.63, 3.8) is 0 Å². The molecule has 0 heterocycles. The normalized spacial score (nSPS) is 16.2. The Morgan fingerprint density at radius 2 is 1.80 bits per heavy atom. The molecule has 0 aliphatic heterocycles. The van der Waals surface area contributed by atoms with Crippen LogP contribution in [0.4, 0.5) is 10.5 Å². The van der Waals surface area contributed by atoms with Gasteiger partial charge in [-0.15, -0.1) is 0 Å². The van der Waals surface area contributed by atoms with Gasteiger partial charge in [-0.05, 0) is 43.9 Å². The number of amides is 2. The van der Waals surface area contributed by atoms with E-state index < -0.39 is 0 Å². The summed E-state index contributed by atoms with van der Waals surface area (Å²) >= 11 is 11.8. The summed E-state index contributed by atoms with van der Waals surface area (Å²) in [6.45, 7) is 2.06. The van der Waals surface area contributed by atoms with Crippen LogP contribution in [0, 0.1) is 5.92 Å². The SMILES string of the molecule is C/C(=C\NC(=O)Nc1cc(Cl)cc(Cl)c1)C1CCCC1. The molecule has 0 unspecified atom stereocenters. The molecule has 2 amide bonds. The smallest absolute Gasteiger partial charge is 0.314 e. The Labute approximate surface area is 129 Å². The zero-order valence-corrected chi connectivity index (χ0v) is 12.9. The number of carbonyl (C=O) groups is 1. The Morgan fingerprint density at radius 3 is 2.40 bits per heavy atom. The number of allylic oxidation sites excluding steroid dienone is 1. The summed E-state index contributed by atoms with van der Waals surface area (Å²) in [6.07, 6.45) is 6.79. The lowest BCUT2D eigenvalue weighted by atomic mass is 10.0. The average Bonchev–Trinajstić information content (AvgIpc) is 2.88. The first-order chi connectivity index (χ1) is 9.54. The quantitative estimate of drug-likeness (QED) is 0.790. The van der Waals surface area contributed by atoms with Crippen LogP contribution in [-0.2, 0) is 0 Å². The third-order valence-electron chi connectivity index (χ3n) is 3.55. The molecule has 108 valence electrons. The Hall–Kier alpha value is -1.19. The summed E-state index contributed by atoms with van der Waals surface area (Å²) in [5.74, 6) is 0.607. The lowest BCUT2D eigenvalue weighted by Gasteiger charge is -2.10. The molecule has 1 aromatic rings. The van der Waals surface area contributed by atoms with Gasteiger partial charge >= 0.3 is 6.03 Å². The molecule has 0 radical (unpaired) electrons. The van der Waals surface area contributed by atoms with Gasteiger partial charge < -0.3 is 10.6 Å². The van der Waals surface area contributed by atoms with E-state index in [9.17, 15) is 4.79 Å². The van der Waals surface area contributed by atoms with Crippen LogP contribution in [0.2, 0.25) is 10.0 Å². The van der Waals surface area contributed by atoms with Crippen LogP contribution in [0.3, 0.4) is 0 Å². The molecule has 1 saturated carbocycles. The first-order valence-corrected chi connectivity index (χ1v) is 7.50. The average molecular weight is 313 g/mol. The molecular formula is C15H18Cl2N2O. The van der Waals surface area contributed by atoms with Gasteiger partial charge in [0.25, 0.3) is 0 Å². The van der Waals surface area contributed by atoms with Crippen molar-refractivity contribution in [3.05, 3.63) is 40.0 Å². The minimum Gasteiger partial charge on any atom is -0.314 e. The van der Waals surface area contributed by atoms with Gasteiger partial charge in [-0.2, -0.15) is 0 Å². The predicted octanol–water partition coefficient (Wildman–Crippen LogP) is 5.21. The van der Waals surface area contributed by atoms with Crippen LogP contribution in [0.15, 0.2) is 30.0 Å². The predicted molar refractivity (Wildman–Crippen MR) is 84.3 cm³/mol. The van der Waals surface area contributed by atoms with Gasteiger partial charge in [0.15, 0.2) is 0 Å². The maximum atomic E-state index is 11.8. The number of carbonyl (C=O) groups excluding carboxylic acids is 1. The van der Waals surface area contributed by atoms with Crippen molar-refractivity contribution < 1.29 is 4.79 Å². The number of urea groups is 1. The summed E-state index contributed by atoms with van der Waals surface area (Å²) in [5.41, 5.74) is 1.80. The molecule has 1 aromatic carbocycles. The molecule has 0 atom stereocenters. The van der Waals surface area contributed by atoms with Gasteiger partial charge in [-0.1, -0.05) is 41.6 Å². The standard InChI is InChI=1S/C15H18Cl2N2O/c1-10(11-4-2-3-5-11)9-18-15(20)19-14-7-12(16)6-13(17)8-14/h6-9,11H,2-5H2,1H3,(H2,18,19,20)/b10-9+. The van der Waals surface area contributed by atoms with E-state index in [0.29, 0.717) is 21.7 Å². The van der Waals surface area contributed by atoms with Gasteiger partial charge in [-0.3, -0.25) is 0 Å². The molecule has 2 rings (SSSR count). The Bertz CT molecular complexity index is 502. The maximum absolute atomic E-state index is 11.8. The zero-order valence-electron chi connectivity index (χ0n) is 11.4. The first-order valence-electron chi connectivity index (χ1n) is 6.75. The van der Waals surface area contributed by atoms with E-state index in [1.165, 1.54) is 31.3 Å². The Morgan fingerprint density at radius 1 is 1.20 bits per heavy atom. The fourth-order valence-electron chi connectivity index (χ4n) is 2.47. The fraction of sp³-hybridized carbons (Fsp3) is 0.400.